The van der Waals surface area contributed by atoms with Crippen LogP contribution in [-0.2, 0) is 9.53 Å². The topological polar surface area (TPSA) is 52.3 Å². The van der Waals surface area contributed by atoms with Gasteiger partial charge in [-0.05, 0) is 13.0 Å². The van der Waals surface area contributed by atoms with Gasteiger partial charge >= 0.3 is 0 Å². The van der Waals surface area contributed by atoms with Crippen LogP contribution in [-0.4, -0.2) is 19.4 Å². The summed E-state index contributed by atoms with van der Waals surface area (Å²) in [6.45, 7) is 2.16. The van der Waals surface area contributed by atoms with E-state index in [1.807, 2.05) is 13.0 Å². The summed E-state index contributed by atoms with van der Waals surface area (Å²) in [7, 11) is 1.55. The molecule has 2 N–H and O–H groups in total. The normalized spacial score (nSPS) is 17.9. The summed E-state index contributed by atoms with van der Waals surface area (Å²) in [5, 5.41) is 0. The largest absolute Gasteiger partial charge is 0.496 e. The summed E-state index contributed by atoms with van der Waals surface area (Å²) in [4.78, 5) is 11.3. The van der Waals surface area contributed by atoms with Crippen molar-refractivity contribution in [2.45, 2.75) is 13.3 Å². The molecule has 0 atom stereocenters. The highest BCUT2D eigenvalue weighted by atomic mass is 16.5. The maximum absolute atomic E-state index is 11.3. The van der Waals surface area contributed by atoms with E-state index in [0.717, 1.165) is 5.57 Å². The molecule has 66 valence electrons. The van der Waals surface area contributed by atoms with Gasteiger partial charge in [0.1, 0.15) is 5.76 Å². The fraction of sp³-hybridized carbons (Fsp3) is 0.444. The summed E-state index contributed by atoms with van der Waals surface area (Å²) in [6, 6.07) is 0. The minimum absolute atomic E-state index is 0.0781. The van der Waals surface area contributed by atoms with Crippen LogP contribution in [0.5, 0.6) is 0 Å². The third kappa shape index (κ3) is 1.56. The minimum Gasteiger partial charge on any atom is -0.496 e. The molecule has 0 fully saturated rings. The number of allylic oxidation sites excluding steroid dienone is 2. The van der Waals surface area contributed by atoms with Crippen molar-refractivity contribution in [1.82, 2.24) is 0 Å². The lowest BCUT2D eigenvalue weighted by Gasteiger charge is -2.14. The number of nitrogens with two attached hydrogens (primary N) is 1. The van der Waals surface area contributed by atoms with Crippen molar-refractivity contribution in [3.05, 3.63) is 23.0 Å². The van der Waals surface area contributed by atoms with Gasteiger partial charge in [-0.1, -0.05) is 5.57 Å². The summed E-state index contributed by atoms with van der Waals surface area (Å²) in [5.41, 5.74) is 7.04. The second-order valence-corrected chi connectivity index (χ2v) is 2.84. The van der Waals surface area contributed by atoms with Crippen molar-refractivity contribution in [3.63, 3.8) is 0 Å². The Balaban J connectivity index is 3.04. The van der Waals surface area contributed by atoms with Crippen molar-refractivity contribution >= 4 is 5.78 Å². The number of ketones is 1. The Hall–Kier alpha value is -1.09. The maximum atomic E-state index is 11.3. The molecule has 3 nitrogen and oxygen atoms in total. The standard InChI is InChI=1S/C9H13NO2/c1-6-3-8(11)7(5-10)9(4-6)12-2/h4H,3,5,10H2,1-2H3. The molecule has 0 heterocycles. The molecule has 0 aliphatic heterocycles. The molecule has 3 heteroatoms. The van der Waals surface area contributed by atoms with Crippen LogP contribution in [0.25, 0.3) is 0 Å². The Kier molecular flexibility index (Phi) is 2.65. The van der Waals surface area contributed by atoms with E-state index >= 15 is 0 Å². The zero-order valence-corrected chi connectivity index (χ0v) is 7.39. The van der Waals surface area contributed by atoms with Crippen molar-refractivity contribution in [2.75, 3.05) is 13.7 Å². The minimum atomic E-state index is 0.0781. The van der Waals surface area contributed by atoms with E-state index in [1.54, 1.807) is 7.11 Å². The molecule has 0 saturated heterocycles. The number of carbonyl (C=O) groups excluding carboxylic acids is 1. The molecule has 0 spiro atoms. The van der Waals surface area contributed by atoms with Crippen molar-refractivity contribution < 1.29 is 9.53 Å². The number of methoxy groups -OCH3 is 1. The molecule has 1 aliphatic rings. The van der Waals surface area contributed by atoms with Crippen molar-refractivity contribution in [1.29, 1.82) is 0 Å². The average Bonchev–Trinajstić information content (AvgIpc) is 2.03. The van der Waals surface area contributed by atoms with Crippen LogP contribution in [0.15, 0.2) is 23.0 Å². The second kappa shape index (κ2) is 3.54. The predicted octanol–water partition coefficient (Wildman–Crippen LogP) is 0.765. The molecule has 0 aromatic rings. The predicted molar refractivity (Wildman–Crippen MR) is 46.5 cm³/mol. The summed E-state index contributed by atoms with van der Waals surface area (Å²) >= 11 is 0. The average molecular weight is 167 g/mol. The number of rotatable bonds is 2. The van der Waals surface area contributed by atoms with E-state index in [4.69, 9.17) is 10.5 Å². The Morgan fingerprint density at radius 1 is 1.67 bits per heavy atom. The number of hydrogen-bond acceptors (Lipinski definition) is 3. The van der Waals surface area contributed by atoms with Crippen LogP contribution in [0, 0.1) is 0 Å². The Bertz CT molecular complexity index is 264. The van der Waals surface area contributed by atoms with Crippen LogP contribution in [0.1, 0.15) is 13.3 Å². The first kappa shape index (κ1) is 9.00. The zero-order valence-electron chi connectivity index (χ0n) is 7.39. The molecule has 12 heavy (non-hydrogen) atoms. The Labute approximate surface area is 71.9 Å². The lowest BCUT2D eigenvalue weighted by Crippen LogP contribution is -2.18. The Morgan fingerprint density at radius 3 is 2.83 bits per heavy atom. The Morgan fingerprint density at radius 2 is 2.33 bits per heavy atom. The molecule has 0 aromatic heterocycles. The van der Waals surface area contributed by atoms with Crippen LogP contribution < -0.4 is 5.73 Å². The van der Waals surface area contributed by atoms with Crippen LogP contribution in [0.4, 0.5) is 0 Å². The highest BCUT2D eigenvalue weighted by Crippen LogP contribution is 2.20. The van der Waals surface area contributed by atoms with Gasteiger partial charge in [0.2, 0.25) is 0 Å². The van der Waals surface area contributed by atoms with E-state index in [2.05, 4.69) is 0 Å². The van der Waals surface area contributed by atoms with Crippen molar-refractivity contribution in [3.8, 4) is 0 Å². The van der Waals surface area contributed by atoms with E-state index < -0.39 is 0 Å². The molecule has 1 aliphatic carbocycles. The van der Waals surface area contributed by atoms with E-state index in [-0.39, 0.29) is 12.3 Å². The number of Topliss-reactive ketones (excluding diaryl/α,β-unsaturated/α-hetero) is 1. The summed E-state index contributed by atoms with van der Waals surface area (Å²) in [6.07, 6.45) is 2.34. The van der Waals surface area contributed by atoms with Crippen molar-refractivity contribution in [2.24, 2.45) is 5.73 Å². The van der Waals surface area contributed by atoms with E-state index in [9.17, 15) is 4.79 Å². The van der Waals surface area contributed by atoms with Gasteiger partial charge in [-0.15, -0.1) is 0 Å². The third-order valence-electron chi connectivity index (χ3n) is 1.87. The molecular weight excluding hydrogens is 154 g/mol. The third-order valence-corrected chi connectivity index (χ3v) is 1.87. The van der Waals surface area contributed by atoms with Gasteiger partial charge in [-0.25, -0.2) is 0 Å². The maximum Gasteiger partial charge on any atom is 0.167 e. The molecule has 0 saturated carbocycles. The van der Waals surface area contributed by atoms with Gasteiger partial charge in [-0.3, -0.25) is 4.79 Å². The van der Waals surface area contributed by atoms with Gasteiger partial charge in [0.25, 0.3) is 0 Å². The first-order valence-corrected chi connectivity index (χ1v) is 3.86. The molecule has 0 radical (unpaired) electrons. The SMILES string of the molecule is COC1=C(CN)C(=O)CC(C)=C1. The number of ether oxygens (including phenoxy) is 1. The fourth-order valence-electron chi connectivity index (χ4n) is 1.26. The molecule has 0 aromatic carbocycles. The number of hydrogen-bond donors (Lipinski definition) is 1. The number of carbonyl (C=O) groups is 1. The van der Waals surface area contributed by atoms with Gasteiger partial charge < -0.3 is 10.5 Å². The van der Waals surface area contributed by atoms with E-state index in [0.29, 0.717) is 17.8 Å². The molecule has 0 unspecified atom stereocenters. The fourth-order valence-corrected chi connectivity index (χ4v) is 1.26. The van der Waals surface area contributed by atoms with Gasteiger partial charge in [0, 0.05) is 13.0 Å². The summed E-state index contributed by atoms with van der Waals surface area (Å²) < 4.78 is 5.04. The monoisotopic (exact) mass is 167 g/mol. The van der Waals surface area contributed by atoms with Gasteiger partial charge in [0.15, 0.2) is 5.78 Å². The van der Waals surface area contributed by atoms with Gasteiger partial charge in [-0.2, -0.15) is 0 Å². The van der Waals surface area contributed by atoms with E-state index in [1.165, 1.54) is 0 Å². The first-order chi connectivity index (χ1) is 5.69. The zero-order chi connectivity index (χ0) is 9.14. The highest BCUT2D eigenvalue weighted by Gasteiger charge is 2.18. The first-order valence-electron chi connectivity index (χ1n) is 3.86. The van der Waals surface area contributed by atoms with Crippen LogP contribution in [0.3, 0.4) is 0 Å². The molecule has 1 rings (SSSR count). The van der Waals surface area contributed by atoms with Gasteiger partial charge in [0.05, 0.1) is 12.7 Å². The summed E-state index contributed by atoms with van der Waals surface area (Å²) in [5.74, 6) is 0.695. The highest BCUT2D eigenvalue weighted by molar-refractivity contribution is 5.99. The quantitative estimate of drug-likeness (QED) is 0.660. The lowest BCUT2D eigenvalue weighted by atomic mass is 9.97. The molecule has 0 bridgehead atoms. The van der Waals surface area contributed by atoms with Crippen LogP contribution >= 0.6 is 0 Å². The van der Waals surface area contributed by atoms with Crippen LogP contribution in [0.2, 0.25) is 0 Å². The smallest absolute Gasteiger partial charge is 0.167 e. The lowest BCUT2D eigenvalue weighted by molar-refractivity contribution is -0.115. The molecular formula is C9H13NO2. The molecule has 0 amide bonds. The second-order valence-electron chi connectivity index (χ2n) is 2.84.